The van der Waals surface area contributed by atoms with Crippen molar-refractivity contribution in [1.29, 1.82) is 0 Å². The lowest BCUT2D eigenvalue weighted by molar-refractivity contribution is 0.612. The Morgan fingerprint density at radius 2 is 1.19 bits per heavy atom. The molecule has 4 heterocycles. The highest BCUT2D eigenvalue weighted by Gasteiger charge is 2.37. The van der Waals surface area contributed by atoms with E-state index in [4.69, 9.17) is 14.4 Å². The SMILES string of the molecule is CC1(C)c2cc(-c3nc(-c4cc(-c5ccccc5)cc(-c5cccc6ccccc56)c4)c4ccccc4n3)ccc2-n2c3oc4ccccc4c3c3cccc1c32. The van der Waals surface area contributed by atoms with Gasteiger partial charge in [0.2, 0.25) is 5.71 Å². The number of para-hydroxylation sites is 3. The van der Waals surface area contributed by atoms with Crippen molar-refractivity contribution in [2.45, 2.75) is 19.3 Å². The van der Waals surface area contributed by atoms with E-state index in [0.29, 0.717) is 5.82 Å². The molecule has 12 rings (SSSR count). The molecule has 57 heavy (non-hydrogen) atoms. The molecular formula is C53H35N3O. The molecule has 4 heteroatoms. The highest BCUT2D eigenvalue weighted by Crippen LogP contribution is 2.50. The van der Waals surface area contributed by atoms with E-state index in [0.717, 1.165) is 66.8 Å². The van der Waals surface area contributed by atoms with Crippen LogP contribution in [0.25, 0.3) is 105 Å². The quantitative estimate of drug-likeness (QED) is 0.181. The largest absolute Gasteiger partial charge is 0.439 e. The van der Waals surface area contributed by atoms with Crippen LogP contribution in [0.1, 0.15) is 25.0 Å². The fourth-order valence-corrected chi connectivity index (χ4v) is 9.41. The van der Waals surface area contributed by atoms with E-state index >= 15 is 0 Å². The molecule has 0 fully saturated rings. The highest BCUT2D eigenvalue weighted by atomic mass is 16.3. The van der Waals surface area contributed by atoms with E-state index in [1.807, 2.05) is 6.07 Å². The van der Waals surface area contributed by atoms with Crippen LogP contribution in [-0.2, 0) is 5.41 Å². The van der Waals surface area contributed by atoms with E-state index in [9.17, 15) is 0 Å². The van der Waals surface area contributed by atoms with Crippen molar-refractivity contribution >= 4 is 54.6 Å². The maximum atomic E-state index is 6.65. The molecule has 4 nitrogen and oxygen atoms in total. The average molecular weight is 730 g/mol. The van der Waals surface area contributed by atoms with Crippen molar-refractivity contribution in [2.24, 2.45) is 0 Å². The summed E-state index contributed by atoms with van der Waals surface area (Å²) < 4.78 is 8.98. The number of aromatic nitrogens is 3. The van der Waals surface area contributed by atoms with Gasteiger partial charge in [-0.2, -0.15) is 0 Å². The van der Waals surface area contributed by atoms with Crippen LogP contribution in [-0.4, -0.2) is 14.5 Å². The van der Waals surface area contributed by atoms with Crippen LogP contribution in [0.3, 0.4) is 0 Å². The van der Waals surface area contributed by atoms with Gasteiger partial charge in [0.25, 0.3) is 0 Å². The van der Waals surface area contributed by atoms with Gasteiger partial charge in [0.15, 0.2) is 5.82 Å². The summed E-state index contributed by atoms with van der Waals surface area (Å²) in [5.41, 5.74) is 14.8. The van der Waals surface area contributed by atoms with E-state index < -0.39 is 0 Å². The normalized spacial score (nSPS) is 13.2. The molecule has 0 amide bonds. The first kappa shape index (κ1) is 32.0. The summed E-state index contributed by atoms with van der Waals surface area (Å²) in [5.74, 6) is 0.699. The average Bonchev–Trinajstić information content (AvgIpc) is 3.80. The van der Waals surface area contributed by atoms with Gasteiger partial charge in [-0.25, -0.2) is 9.97 Å². The molecule has 1 aliphatic heterocycles. The Labute approximate surface area is 329 Å². The van der Waals surface area contributed by atoms with Crippen molar-refractivity contribution in [3.8, 4) is 50.6 Å². The molecule has 0 spiro atoms. The first-order valence-corrected chi connectivity index (χ1v) is 19.6. The predicted molar refractivity (Wildman–Crippen MR) is 235 cm³/mol. The van der Waals surface area contributed by atoms with Crippen LogP contribution >= 0.6 is 0 Å². The molecule has 0 saturated carbocycles. The van der Waals surface area contributed by atoms with Gasteiger partial charge >= 0.3 is 0 Å². The standard InChI is InChI=1S/C53H35N3O/c1-53(2)43-23-13-22-42-48-41-20-9-11-25-47(41)57-52(48)56(50(42)43)46-27-26-34(31-44(46)53)51-54-45-24-10-8-19-40(45)49(55-51)37-29-35(32-14-4-3-5-15-32)28-36(30-37)39-21-12-17-33-16-6-7-18-38(33)39/h3-31H,1-2H3. The molecule has 3 aromatic heterocycles. The first-order chi connectivity index (χ1) is 28.0. The monoisotopic (exact) mass is 729 g/mol. The third-order valence-electron chi connectivity index (χ3n) is 12.2. The van der Waals surface area contributed by atoms with E-state index in [-0.39, 0.29) is 5.41 Å². The number of rotatable bonds is 4. The van der Waals surface area contributed by atoms with E-state index in [1.165, 1.54) is 43.8 Å². The predicted octanol–water partition coefficient (Wildman–Crippen LogP) is 13.9. The van der Waals surface area contributed by atoms with Crippen molar-refractivity contribution in [3.05, 3.63) is 187 Å². The summed E-state index contributed by atoms with van der Waals surface area (Å²) in [6.07, 6.45) is 0. The zero-order chi connectivity index (χ0) is 37.8. The minimum atomic E-state index is -0.288. The van der Waals surface area contributed by atoms with Gasteiger partial charge in [-0.1, -0.05) is 141 Å². The molecule has 8 aromatic carbocycles. The molecular weight excluding hydrogens is 695 g/mol. The summed E-state index contributed by atoms with van der Waals surface area (Å²) in [4.78, 5) is 10.7. The molecule has 0 radical (unpaired) electrons. The lowest BCUT2D eigenvalue weighted by atomic mass is 9.74. The molecule has 0 aliphatic carbocycles. The van der Waals surface area contributed by atoms with Crippen LogP contribution in [0.4, 0.5) is 0 Å². The fraction of sp³-hybridized carbons (Fsp3) is 0.0566. The molecule has 0 bridgehead atoms. The Kier molecular flexibility index (Phi) is 6.65. The molecule has 1 aliphatic rings. The zero-order valence-corrected chi connectivity index (χ0v) is 31.5. The maximum absolute atomic E-state index is 6.65. The summed E-state index contributed by atoms with van der Waals surface area (Å²) in [5, 5.41) is 6.99. The highest BCUT2D eigenvalue weighted by molar-refractivity contribution is 6.21. The van der Waals surface area contributed by atoms with Gasteiger partial charge < -0.3 is 4.42 Å². The van der Waals surface area contributed by atoms with Gasteiger partial charge in [-0.05, 0) is 92.7 Å². The minimum Gasteiger partial charge on any atom is -0.439 e. The Morgan fingerprint density at radius 3 is 2.09 bits per heavy atom. The fourth-order valence-electron chi connectivity index (χ4n) is 9.41. The van der Waals surface area contributed by atoms with Gasteiger partial charge in [-0.3, -0.25) is 4.57 Å². The number of nitrogens with zero attached hydrogens (tertiary/aromatic N) is 3. The second-order valence-corrected chi connectivity index (χ2v) is 15.8. The van der Waals surface area contributed by atoms with Crippen LogP contribution in [0.15, 0.2) is 180 Å². The second kappa shape index (κ2) is 11.8. The third kappa shape index (κ3) is 4.68. The van der Waals surface area contributed by atoms with Crippen LogP contribution in [0, 0.1) is 0 Å². The maximum Gasteiger partial charge on any atom is 0.213 e. The Hall–Kier alpha value is -7.30. The Morgan fingerprint density at radius 1 is 0.491 bits per heavy atom. The Balaban J connectivity index is 1.08. The second-order valence-electron chi connectivity index (χ2n) is 15.8. The first-order valence-electron chi connectivity index (χ1n) is 19.6. The summed E-state index contributed by atoms with van der Waals surface area (Å²) in [6, 6.07) is 62.9. The molecule has 0 saturated heterocycles. The minimum absolute atomic E-state index is 0.288. The zero-order valence-electron chi connectivity index (χ0n) is 31.5. The lowest BCUT2D eigenvalue weighted by Gasteiger charge is -2.34. The number of benzene rings is 8. The van der Waals surface area contributed by atoms with Crippen molar-refractivity contribution in [1.82, 2.24) is 14.5 Å². The summed E-state index contributed by atoms with van der Waals surface area (Å²) >= 11 is 0. The number of fused-ring (bicyclic) bond motifs is 9. The van der Waals surface area contributed by atoms with Gasteiger partial charge in [0.05, 0.1) is 27.8 Å². The smallest absolute Gasteiger partial charge is 0.213 e. The summed E-state index contributed by atoms with van der Waals surface area (Å²) in [7, 11) is 0. The van der Waals surface area contributed by atoms with Gasteiger partial charge in [-0.15, -0.1) is 0 Å². The third-order valence-corrected chi connectivity index (χ3v) is 12.2. The van der Waals surface area contributed by atoms with Gasteiger partial charge in [0.1, 0.15) is 5.58 Å². The van der Waals surface area contributed by atoms with E-state index in [1.54, 1.807) is 0 Å². The molecule has 0 unspecified atom stereocenters. The topological polar surface area (TPSA) is 43.9 Å². The summed E-state index contributed by atoms with van der Waals surface area (Å²) in [6.45, 7) is 4.66. The molecule has 268 valence electrons. The van der Waals surface area contributed by atoms with Crippen LogP contribution in [0.2, 0.25) is 0 Å². The number of hydrogen-bond donors (Lipinski definition) is 0. The van der Waals surface area contributed by atoms with Crippen LogP contribution < -0.4 is 0 Å². The molecule has 11 aromatic rings. The van der Waals surface area contributed by atoms with E-state index in [2.05, 4.69) is 188 Å². The Bertz CT molecular complexity index is 3440. The number of furan rings is 1. The molecule has 0 atom stereocenters. The number of hydrogen-bond acceptors (Lipinski definition) is 3. The van der Waals surface area contributed by atoms with Crippen molar-refractivity contribution in [3.63, 3.8) is 0 Å². The lowest BCUT2D eigenvalue weighted by Crippen LogP contribution is -2.26. The molecule has 0 N–H and O–H groups in total. The van der Waals surface area contributed by atoms with Gasteiger partial charge in [0, 0.05) is 32.7 Å². The van der Waals surface area contributed by atoms with Crippen LogP contribution in [0.5, 0.6) is 0 Å². The van der Waals surface area contributed by atoms with Crippen molar-refractivity contribution in [2.75, 3.05) is 0 Å². The van der Waals surface area contributed by atoms with Crippen molar-refractivity contribution < 1.29 is 4.42 Å².